The van der Waals surface area contributed by atoms with Crippen molar-refractivity contribution in [3.05, 3.63) is 29.8 Å². The third kappa shape index (κ3) is 6.20. The number of nitrogens with one attached hydrogen (secondary N) is 1. The number of amides is 1. The van der Waals surface area contributed by atoms with Crippen molar-refractivity contribution in [3.8, 4) is 11.4 Å². The van der Waals surface area contributed by atoms with Crippen LogP contribution in [0.1, 0.15) is 60.8 Å². The van der Waals surface area contributed by atoms with E-state index < -0.39 is 23.2 Å². The molecule has 1 amide bonds. The first-order valence-corrected chi connectivity index (χ1v) is 9.49. The van der Waals surface area contributed by atoms with Gasteiger partial charge in [-0.25, -0.2) is 9.78 Å². The number of halogens is 2. The Kier molecular flexibility index (Phi) is 6.30. The second-order valence-corrected chi connectivity index (χ2v) is 8.69. The normalized spacial score (nSPS) is 12.7. The molecule has 0 spiro atoms. The molecular weight excluding hydrogens is 380 g/mol. The lowest BCUT2D eigenvalue weighted by Gasteiger charge is -2.29. The monoisotopic (exact) mass is 411 g/mol. The van der Waals surface area contributed by atoms with E-state index in [1.165, 1.54) is 23.9 Å². The Balaban J connectivity index is 0.00000450. The average molecular weight is 411 g/mol. The van der Waals surface area contributed by atoms with Crippen molar-refractivity contribution in [3.63, 3.8) is 0 Å². The van der Waals surface area contributed by atoms with Crippen LogP contribution in [-0.2, 0) is 17.2 Å². The molecule has 1 N–H and O–H groups in total. The van der Waals surface area contributed by atoms with E-state index >= 15 is 0 Å². The lowest BCUT2D eigenvalue weighted by atomic mass is 10.1. The molecule has 162 valence electrons. The van der Waals surface area contributed by atoms with Gasteiger partial charge in [0, 0.05) is 14.0 Å². The van der Waals surface area contributed by atoms with Gasteiger partial charge in [-0.3, -0.25) is 9.67 Å². The molecule has 29 heavy (non-hydrogen) atoms. The number of alkyl halides is 2. The highest BCUT2D eigenvalue weighted by Gasteiger charge is 2.35. The van der Waals surface area contributed by atoms with Crippen LogP contribution in [0.15, 0.2) is 18.5 Å². The van der Waals surface area contributed by atoms with Gasteiger partial charge in [-0.2, -0.15) is 13.9 Å². The van der Waals surface area contributed by atoms with Crippen LogP contribution in [0.25, 0.3) is 11.4 Å². The molecule has 0 unspecified atom stereocenters. The molecule has 0 saturated heterocycles. The zero-order chi connectivity index (χ0) is 22.0. The van der Waals surface area contributed by atoms with Gasteiger partial charge in [-0.15, -0.1) is 0 Å². The van der Waals surface area contributed by atoms with Crippen LogP contribution in [0.3, 0.4) is 0 Å². The highest BCUT2D eigenvalue weighted by molar-refractivity contribution is 5.68. The van der Waals surface area contributed by atoms with Crippen molar-refractivity contribution in [1.29, 1.82) is 0 Å². The largest absolute Gasteiger partial charge is 0.444 e. The SMILES string of the molecule is CCC(F)(F)c1cc(-c2cncc(C)n2)n(CC(C)(C)NC(=O)OC(C)(C)C)n1.[HH]. The van der Waals surface area contributed by atoms with Crippen LogP contribution in [0.2, 0.25) is 0 Å². The Hall–Kier alpha value is -2.58. The fourth-order valence-corrected chi connectivity index (χ4v) is 2.68. The van der Waals surface area contributed by atoms with E-state index in [1.807, 2.05) is 0 Å². The number of hydrogen-bond acceptors (Lipinski definition) is 5. The Morgan fingerprint density at radius 2 is 1.90 bits per heavy atom. The summed E-state index contributed by atoms with van der Waals surface area (Å²) in [7, 11) is 0. The number of nitrogens with zero attached hydrogens (tertiary/aromatic N) is 4. The summed E-state index contributed by atoms with van der Waals surface area (Å²) in [6.45, 7) is 12.1. The molecule has 0 saturated carbocycles. The van der Waals surface area contributed by atoms with E-state index in [2.05, 4.69) is 20.4 Å². The molecule has 9 heteroatoms. The van der Waals surface area contributed by atoms with Crippen molar-refractivity contribution in [1.82, 2.24) is 25.1 Å². The fourth-order valence-electron chi connectivity index (χ4n) is 2.68. The fraction of sp³-hybridized carbons (Fsp3) is 0.600. The number of aryl methyl sites for hydroxylation is 1. The molecule has 7 nitrogen and oxygen atoms in total. The van der Waals surface area contributed by atoms with Crippen LogP contribution in [0.5, 0.6) is 0 Å². The Morgan fingerprint density at radius 1 is 1.24 bits per heavy atom. The van der Waals surface area contributed by atoms with E-state index in [4.69, 9.17) is 4.74 Å². The van der Waals surface area contributed by atoms with Crippen molar-refractivity contribution in [2.45, 2.75) is 78.5 Å². The molecular formula is C20H31F2N5O2. The summed E-state index contributed by atoms with van der Waals surface area (Å²) in [4.78, 5) is 20.7. The minimum Gasteiger partial charge on any atom is -0.444 e. The van der Waals surface area contributed by atoms with Gasteiger partial charge in [-0.1, -0.05) is 6.92 Å². The van der Waals surface area contributed by atoms with Gasteiger partial charge in [0.15, 0.2) is 0 Å². The zero-order valence-corrected chi connectivity index (χ0v) is 18.0. The number of aromatic nitrogens is 4. The first-order valence-electron chi connectivity index (χ1n) is 9.49. The zero-order valence-electron chi connectivity index (χ0n) is 18.0. The van der Waals surface area contributed by atoms with Gasteiger partial charge < -0.3 is 10.1 Å². The summed E-state index contributed by atoms with van der Waals surface area (Å²) < 4.78 is 35.3. The number of alkyl carbamates (subject to hydrolysis) is 1. The van der Waals surface area contributed by atoms with Gasteiger partial charge in [0.25, 0.3) is 5.92 Å². The minimum absolute atomic E-state index is 0. The van der Waals surface area contributed by atoms with Gasteiger partial charge in [0.2, 0.25) is 0 Å². The standard InChI is InChI=1S/C20H29F2N5O2.H2/c1-8-20(21,22)16-9-15(14-11-23-10-13(2)24-14)27(26-16)12-19(6,7)25-17(28)29-18(3,4)5;/h9-11H,8,12H2,1-7H3,(H,25,28);1H. The van der Waals surface area contributed by atoms with Crippen LogP contribution >= 0.6 is 0 Å². The van der Waals surface area contributed by atoms with Crippen LogP contribution < -0.4 is 5.32 Å². The van der Waals surface area contributed by atoms with E-state index in [-0.39, 0.29) is 20.1 Å². The number of carbonyl (C=O) groups is 1. The summed E-state index contributed by atoms with van der Waals surface area (Å²) in [5.74, 6) is -3.07. The van der Waals surface area contributed by atoms with Gasteiger partial charge >= 0.3 is 6.09 Å². The molecule has 0 aliphatic carbocycles. The predicted octanol–water partition coefficient (Wildman–Crippen LogP) is 4.70. The smallest absolute Gasteiger partial charge is 0.408 e. The molecule has 2 aromatic heterocycles. The van der Waals surface area contributed by atoms with Crippen molar-refractivity contribution < 1.29 is 19.7 Å². The van der Waals surface area contributed by atoms with Gasteiger partial charge in [0.05, 0.1) is 29.7 Å². The molecule has 2 aromatic rings. The average Bonchev–Trinajstić information content (AvgIpc) is 2.96. The Morgan fingerprint density at radius 3 is 2.45 bits per heavy atom. The maximum atomic E-state index is 14.3. The molecule has 2 rings (SSSR count). The topological polar surface area (TPSA) is 81.9 Å². The van der Waals surface area contributed by atoms with Crippen molar-refractivity contribution in [2.75, 3.05) is 0 Å². The summed E-state index contributed by atoms with van der Waals surface area (Å²) >= 11 is 0. The summed E-state index contributed by atoms with van der Waals surface area (Å²) in [6, 6.07) is 1.33. The highest BCUT2D eigenvalue weighted by atomic mass is 19.3. The minimum atomic E-state index is -3.07. The maximum Gasteiger partial charge on any atom is 0.408 e. The molecule has 0 atom stereocenters. The molecule has 0 aliphatic heterocycles. The Labute approximate surface area is 171 Å². The molecule has 0 aromatic carbocycles. The van der Waals surface area contributed by atoms with E-state index in [1.54, 1.807) is 47.7 Å². The van der Waals surface area contributed by atoms with E-state index in [0.717, 1.165) is 0 Å². The second-order valence-electron chi connectivity index (χ2n) is 8.69. The summed E-state index contributed by atoms with van der Waals surface area (Å²) in [5.41, 5.74) is -0.312. The van der Waals surface area contributed by atoms with Gasteiger partial charge in [0.1, 0.15) is 17.0 Å². The third-order valence-electron chi connectivity index (χ3n) is 4.00. The molecule has 0 radical (unpaired) electrons. The van der Waals surface area contributed by atoms with Crippen LogP contribution in [0.4, 0.5) is 13.6 Å². The van der Waals surface area contributed by atoms with Crippen molar-refractivity contribution in [2.24, 2.45) is 0 Å². The summed E-state index contributed by atoms with van der Waals surface area (Å²) in [6.07, 6.45) is 2.12. The Bertz CT molecular complexity index is 878. The highest BCUT2D eigenvalue weighted by Crippen LogP contribution is 2.33. The van der Waals surface area contributed by atoms with Crippen LogP contribution in [0, 0.1) is 6.92 Å². The molecule has 0 aliphatic rings. The number of carbonyl (C=O) groups excluding carboxylic acids is 1. The van der Waals surface area contributed by atoms with Crippen molar-refractivity contribution >= 4 is 6.09 Å². The first kappa shape index (κ1) is 22.7. The van der Waals surface area contributed by atoms with Gasteiger partial charge in [-0.05, 0) is 47.6 Å². The maximum absolute atomic E-state index is 14.3. The van der Waals surface area contributed by atoms with E-state index in [0.29, 0.717) is 17.1 Å². The number of hydrogen-bond donors (Lipinski definition) is 1. The molecule has 0 fully saturated rings. The van der Waals surface area contributed by atoms with E-state index in [9.17, 15) is 13.6 Å². The predicted molar refractivity (Wildman–Crippen MR) is 108 cm³/mol. The third-order valence-corrected chi connectivity index (χ3v) is 4.00. The van der Waals surface area contributed by atoms with Crippen LogP contribution in [-0.4, -0.2) is 37.0 Å². The molecule has 0 bridgehead atoms. The first-order chi connectivity index (χ1) is 13.2. The number of rotatable bonds is 6. The lowest BCUT2D eigenvalue weighted by Crippen LogP contribution is -2.48. The lowest BCUT2D eigenvalue weighted by molar-refractivity contribution is -0.0136. The molecule has 2 heterocycles. The summed E-state index contributed by atoms with van der Waals surface area (Å²) in [5, 5.41) is 6.90. The second kappa shape index (κ2) is 8.04. The quantitative estimate of drug-likeness (QED) is 0.745. The number of ether oxygens (including phenoxy) is 1.